The Labute approximate surface area is 138 Å². The molecule has 0 spiro atoms. The second kappa shape index (κ2) is 5.69. The highest BCUT2D eigenvalue weighted by Gasteiger charge is 2.33. The number of fused-ring (bicyclic) bond motifs is 1. The summed E-state index contributed by atoms with van der Waals surface area (Å²) < 4.78 is 0. The van der Waals surface area contributed by atoms with Crippen LogP contribution in [0.25, 0.3) is 5.70 Å². The van der Waals surface area contributed by atoms with E-state index in [4.69, 9.17) is 0 Å². The van der Waals surface area contributed by atoms with E-state index in [9.17, 15) is 4.79 Å². The number of ketones is 1. The molecule has 0 saturated carbocycles. The van der Waals surface area contributed by atoms with Crippen molar-refractivity contribution in [3.63, 3.8) is 0 Å². The molecule has 1 aliphatic rings. The molecule has 0 N–H and O–H groups in total. The lowest BCUT2D eigenvalue weighted by atomic mass is 9.83. The molecule has 23 heavy (non-hydrogen) atoms. The van der Waals surface area contributed by atoms with E-state index in [2.05, 4.69) is 44.0 Å². The molecule has 118 valence electrons. The van der Waals surface area contributed by atoms with Crippen LogP contribution in [0.5, 0.6) is 0 Å². The second-order valence-corrected chi connectivity index (χ2v) is 6.97. The maximum atomic E-state index is 12.7. The Morgan fingerprint density at radius 1 is 1.13 bits per heavy atom. The van der Waals surface area contributed by atoms with Gasteiger partial charge in [-0.3, -0.25) is 4.79 Å². The first-order chi connectivity index (χ1) is 10.9. The quantitative estimate of drug-likeness (QED) is 0.602. The normalized spacial score (nSPS) is 17.9. The Hall–Kier alpha value is -2.35. The number of hydrogen-bond donors (Lipinski definition) is 0. The molecule has 2 aromatic carbocycles. The Kier molecular flexibility index (Phi) is 3.85. The predicted octanol–water partition coefficient (Wildman–Crippen LogP) is 4.49. The van der Waals surface area contributed by atoms with Crippen molar-refractivity contribution in [3.05, 3.63) is 76.9 Å². The molecule has 0 aliphatic carbocycles. The van der Waals surface area contributed by atoms with Gasteiger partial charge in [0.15, 0.2) is 5.78 Å². The summed E-state index contributed by atoms with van der Waals surface area (Å²) >= 11 is 0. The lowest BCUT2D eigenvalue weighted by Crippen LogP contribution is -2.45. The Morgan fingerprint density at radius 2 is 1.87 bits per heavy atom. The van der Waals surface area contributed by atoms with Gasteiger partial charge in [-0.1, -0.05) is 48.0 Å². The van der Waals surface area contributed by atoms with E-state index in [1.54, 1.807) is 6.08 Å². The van der Waals surface area contributed by atoms with Crippen LogP contribution in [0.4, 0.5) is 0 Å². The molecule has 0 saturated heterocycles. The fraction of sp³-hybridized carbons (Fsp3) is 0.286. The van der Waals surface area contributed by atoms with Crippen LogP contribution in [0.2, 0.25) is 0 Å². The molecule has 0 fully saturated rings. The third kappa shape index (κ3) is 2.94. The van der Waals surface area contributed by atoms with Gasteiger partial charge in [0.05, 0.1) is 0 Å². The van der Waals surface area contributed by atoms with Gasteiger partial charge >= 0.3 is 0 Å². The second-order valence-electron chi connectivity index (χ2n) is 6.97. The number of nitrogens with zero attached hydrogens (tertiary/aromatic N) is 1. The van der Waals surface area contributed by atoms with Gasteiger partial charge in [-0.25, -0.2) is 0 Å². The molecular formula is C21H23NO. The zero-order valence-electron chi connectivity index (χ0n) is 14.3. The maximum absolute atomic E-state index is 12.7. The van der Waals surface area contributed by atoms with Crippen LogP contribution in [0, 0.1) is 6.92 Å². The van der Waals surface area contributed by atoms with Gasteiger partial charge in [0.25, 0.3) is 0 Å². The first-order valence-electron chi connectivity index (χ1n) is 8.03. The first-order valence-corrected chi connectivity index (χ1v) is 8.03. The number of carbonyl (C=O) groups is 1. The number of hydrogen-bond acceptors (Lipinski definition) is 2. The highest BCUT2D eigenvalue weighted by atomic mass is 16.1. The molecule has 0 radical (unpaired) electrons. The Bertz CT molecular complexity index is 786. The van der Waals surface area contributed by atoms with E-state index in [1.807, 2.05) is 37.3 Å². The minimum atomic E-state index is -0.00687. The molecule has 2 heteroatoms. The minimum Gasteiger partial charge on any atom is -0.369 e. The van der Waals surface area contributed by atoms with Gasteiger partial charge in [-0.05, 0) is 38.8 Å². The predicted molar refractivity (Wildman–Crippen MR) is 95.5 cm³/mol. The van der Waals surface area contributed by atoms with Gasteiger partial charge in [0.1, 0.15) is 0 Å². The van der Waals surface area contributed by atoms with E-state index in [1.165, 1.54) is 5.56 Å². The van der Waals surface area contributed by atoms with E-state index < -0.39 is 0 Å². The monoisotopic (exact) mass is 305 g/mol. The summed E-state index contributed by atoms with van der Waals surface area (Å²) in [6.45, 7) is 6.44. The molecule has 3 rings (SSSR count). The topological polar surface area (TPSA) is 20.3 Å². The largest absolute Gasteiger partial charge is 0.369 e. The average molecular weight is 305 g/mol. The third-order valence-electron chi connectivity index (χ3n) is 4.76. The molecule has 1 heterocycles. The van der Waals surface area contributed by atoms with Gasteiger partial charge < -0.3 is 4.90 Å². The Balaban J connectivity index is 2.08. The fourth-order valence-corrected chi connectivity index (χ4v) is 3.20. The zero-order chi connectivity index (χ0) is 16.6. The number of benzene rings is 2. The summed E-state index contributed by atoms with van der Waals surface area (Å²) in [6, 6.07) is 16.1. The van der Waals surface area contributed by atoms with Crippen molar-refractivity contribution in [2.24, 2.45) is 0 Å². The first kappa shape index (κ1) is 15.5. The molecule has 0 aromatic heterocycles. The van der Waals surface area contributed by atoms with Gasteiger partial charge in [0, 0.05) is 35.5 Å². The van der Waals surface area contributed by atoms with Crippen LogP contribution in [-0.2, 0) is 6.42 Å². The van der Waals surface area contributed by atoms with Crippen LogP contribution < -0.4 is 0 Å². The summed E-state index contributed by atoms with van der Waals surface area (Å²) in [5.74, 6) is 0.0584. The standard InChI is InChI=1S/C21H23NO/c1-15-8-7-10-16(12-15)20(23)13-19-18-11-6-5-9-17(18)14-21(2,3)22(19)4/h5-13H,14H2,1-4H3/b19-13+. The van der Waals surface area contributed by atoms with E-state index >= 15 is 0 Å². The lowest BCUT2D eigenvalue weighted by Gasteiger charge is -2.44. The van der Waals surface area contributed by atoms with Crippen molar-refractivity contribution in [2.45, 2.75) is 32.7 Å². The van der Waals surface area contributed by atoms with Crippen molar-refractivity contribution in [1.82, 2.24) is 4.90 Å². The van der Waals surface area contributed by atoms with Crippen LogP contribution in [0.3, 0.4) is 0 Å². The lowest BCUT2D eigenvalue weighted by molar-refractivity contribution is 0.104. The van der Waals surface area contributed by atoms with Crippen LogP contribution in [-0.4, -0.2) is 23.3 Å². The van der Waals surface area contributed by atoms with Crippen molar-refractivity contribution in [1.29, 1.82) is 0 Å². The number of likely N-dealkylation sites (N-methyl/N-ethyl adjacent to an activating group) is 1. The van der Waals surface area contributed by atoms with Gasteiger partial charge in [-0.15, -0.1) is 0 Å². The molecule has 0 amide bonds. The van der Waals surface area contributed by atoms with Crippen molar-refractivity contribution >= 4 is 11.5 Å². The zero-order valence-corrected chi connectivity index (χ0v) is 14.3. The summed E-state index contributed by atoms with van der Waals surface area (Å²) in [6.07, 6.45) is 2.77. The highest BCUT2D eigenvalue weighted by Crippen LogP contribution is 2.36. The fourth-order valence-electron chi connectivity index (χ4n) is 3.20. The maximum Gasteiger partial charge on any atom is 0.187 e. The summed E-state index contributed by atoms with van der Waals surface area (Å²) in [5, 5.41) is 0. The third-order valence-corrected chi connectivity index (χ3v) is 4.76. The van der Waals surface area contributed by atoms with E-state index in [-0.39, 0.29) is 11.3 Å². The van der Waals surface area contributed by atoms with Crippen LogP contribution >= 0.6 is 0 Å². The van der Waals surface area contributed by atoms with Crippen molar-refractivity contribution < 1.29 is 4.79 Å². The van der Waals surface area contributed by atoms with Crippen LogP contribution in [0.15, 0.2) is 54.6 Å². The van der Waals surface area contributed by atoms with Crippen molar-refractivity contribution in [3.8, 4) is 0 Å². The number of rotatable bonds is 2. The smallest absolute Gasteiger partial charge is 0.187 e. The Morgan fingerprint density at radius 3 is 2.61 bits per heavy atom. The van der Waals surface area contributed by atoms with Gasteiger partial charge in [-0.2, -0.15) is 0 Å². The molecule has 1 aliphatic heterocycles. The molecule has 2 aromatic rings. The SMILES string of the molecule is Cc1cccc(C(=O)/C=C2\c3ccccc3CC(C)(C)N2C)c1. The highest BCUT2D eigenvalue weighted by molar-refractivity contribution is 6.08. The van der Waals surface area contributed by atoms with Crippen molar-refractivity contribution in [2.75, 3.05) is 7.05 Å². The number of allylic oxidation sites excluding steroid dienone is 1. The minimum absolute atomic E-state index is 0.00687. The average Bonchev–Trinajstić information content (AvgIpc) is 2.51. The summed E-state index contributed by atoms with van der Waals surface area (Å²) in [5.41, 5.74) is 5.31. The summed E-state index contributed by atoms with van der Waals surface area (Å²) in [7, 11) is 2.07. The molecule has 0 atom stereocenters. The van der Waals surface area contributed by atoms with Gasteiger partial charge in [0.2, 0.25) is 0 Å². The van der Waals surface area contributed by atoms with E-state index in [0.717, 1.165) is 28.8 Å². The molecule has 0 bridgehead atoms. The number of aryl methyl sites for hydroxylation is 1. The van der Waals surface area contributed by atoms with Crippen LogP contribution in [0.1, 0.15) is 40.9 Å². The molecule has 2 nitrogen and oxygen atoms in total. The molecular weight excluding hydrogens is 282 g/mol. The summed E-state index contributed by atoms with van der Waals surface area (Å²) in [4.78, 5) is 15.0. The number of carbonyl (C=O) groups excluding carboxylic acids is 1. The van der Waals surface area contributed by atoms with E-state index in [0.29, 0.717) is 0 Å². The molecule has 0 unspecified atom stereocenters.